The number of hydrogen-bond acceptors (Lipinski definition) is 4. The van der Waals surface area contributed by atoms with E-state index in [4.69, 9.17) is 4.42 Å². The van der Waals surface area contributed by atoms with E-state index in [1.807, 2.05) is 18.2 Å². The zero-order chi connectivity index (χ0) is 13.2. The largest absolute Gasteiger partial charge is 0.443 e. The predicted molar refractivity (Wildman–Crippen MR) is 68.5 cm³/mol. The molecule has 1 aliphatic heterocycles. The van der Waals surface area contributed by atoms with E-state index in [-0.39, 0.29) is 18.2 Å². The van der Waals surface area contributed by atoms with Gasteiger partial charge >= 0.3 is 0 Å². The van der Waals surface area contributed by atoms with Crippen LogP contribution in [0.4, 0.5) is 0 Å². The molecular formula is C14H14N2O3. The van der Waals surface area contributed by atoms with Gasteiger partial charge in [-0.2, -0.15) is 0 Å². The van der Waals surface area contributed by atoms with Crippen LogP contribution in [0, 0.1) is 0 Å². The molecule has 98 valence electrons. The molecule has 1 fully saturated rings. The highest BCUT2D eigenvalue weighted by atomic mass is 16.3. The number of benzene rings is 1. The lowest BCUT2D eigenvalue weighted by molar-refractivity contribution is -0.137. The maximum absolute atomic E-state index is 12.1. The molecule has 1 saturated heterocycles. The molecule has 5 heteroatoms. The number of likely N-dealkylation sites (tertiary alicyclic amines) is 1. The number of ketones is 1. The van der Waals surface area contributed by atoms with Crippen molar-refractivity contribution in [3.05, 3.63) is 30.2 Å². The number of carbonyl (C=O) groups excluding carboxylic acids is 2. The summed E-state index contributed by atoms with van der Waals surface area (Å²) in [5.74, 6) is 0.136. The third kappa shape index (κ3) is 2.50. The van der Waals surface area contributed by atoms with Gasteiger partial charge in [-0.3, -0.25) is 9.59 Å². The van der Waals surface area contributed by atoms with Crippen LogP contribution >= 0.6 is 0 Å². The number of amides is 1. The second kappa shape index (κ2) is 4.84. The third-order valence-corrected chi connectivity index (χ3v) is 3.35. The first-order chi connectivity index (χ1) is 9.22. The maximum atomic E-state index is 12.1. The van der Waals surface area contributed by atoms with Crippen molar-refractivity contribution >= 4 is 22.8 Å². The van der Waals surface area contributed by atoms with E-state index >= 15 is 0 Å². The lowest BCUT2D eigenvalue weighted by Crippen LogP contribution is -2.40. The van der Waals surface area contributed by atoms with Crippen LogP contribution in [0.25, 0.3) is 11.1 Å². The van der Waals surface area contributed by atoms with Gasteiger partial charge < -0.3 is 9.32 Å². The Bertz CT molecular complexity index is 632. The highest BCUT2D eigenvalue weighted by molar-refractivity contribution is 5.88. The second-order valence-electron chi connectivity index (χ2n) is 4.79. The van der Waals surface area contributed by atoms with E-state index < -0.39 is 0 Å². The van der Waals surface area contributed by atoms with Crippen LogP contribution in [0.15, 0.2) is 29.0 Å². The van der Waals surface area contributed by atoms with Crippen LogP contribution in [0.2, 0.25) is 0 Å². The highest BCUT2D eigenvalue weighted by Gasteiger charge is 2.21. The summed E-state index contributed by atoms with van der Waals surface area (Å²) >= 11 is 0. The molecule has 19 heavy (non-hydrogen) atoms. The number of fused-ring (bicyclic) bond motifs is 1. The molecule has 0 aliphatic carbocycles. The van der Waals surface area contributed by atoms with Crippen molar-refractivity contribution in [1.82, 2.24) is 9.88 Å². The summed E-state index contributed by atoms with van der Waals surface area (Å²) in [6, 6.07) is 5.53. The first-order valence-electron chi connectivity index (χ1n) is 6.34. The smallest absolute Gasteiger partial charge is 0.227 e. The first kappa shape index (κ1) is 11.9. The number of piperidine rings is 1. The normalized spacial score (nSPS) is 16.0. The van der Waals surface area contributed by atoms with Crippen LogP contribution in [-0.4, -0.2) is 34.7 Å². The van der Waals surface area contributed by atoms with Gasteiger partial charge in [0.15, 0.2) is 17.8 Å². The summed E-state index contributed by atoms with van der Waals surface area (Å²) in [7, 11) is 0. The maximum Gasteiger partial charge on any atom is 0.227 e. The fourth-order valence-electron chi connectivity index (χ4n) is 2.35. The summed E-state index contributed by atoms with van der Waals surface area (Å²) < 4.78 is 5.21. The average Bonchev–Trinajstić information content (AvgIpc) is 2.86. The van der Waals surface area contributed by atoms with Crippen molar-refractivity contribution in [2.45, 2.75) is 19.3 Å². The van der Waals surface area contributed by atoms with Gasteiger partial charge in [0.25, 0.3) is 0 Å². The molecule has 0 unspecified atom stereocenters. The Morgan fingerprint density at radius 3 is 3.16 bits per heavy atom. The topological polar surface area (TPSA) is 63.4 Å². The second-order valence-corrected chi connectivity index (χ2v) is 4.79. The van der Waals surface area contributed by atoms with Gasteiger partial charge in [-0.1, -0.05) is 6.07 Å². The van der Waals surface area contributed by atoms with Gasteiger partial charge in [-0.25, -0.2) is 4.98 Å². The molecule has 5 nitrogen and oxygen atoms in total. The van der Waals surface area contributed by atoms with Gasteiger partial charge in [-0.05, 0) is 24.1 Å². The van der Waals surface area contributed by atoms with Crippen molar-refractivity contribution in [2.24, 2.45) is 0 Å². The van der Waals surface area contributed by atoms with Crippen molar-refractivity contribution in [2.75, 3.05) is 13.1 Å². The molecule has 2 heterocycles. The SMILES string of the molecule is O=C1CCCN(C(=O)Cc2ccc3ncoc3c2)C1. The van der Waals surface area contributed by atoms with E-state index in [0.717, 1.165) is 17.5 Å². The number of aromatic nitrogens is 1. The van der Waals surface area contributed by atoms with E-state index in [1.165, 1.54) is 6.39 Å². The molecule has 1 amide bonds. The highest BCUT2D eigenvalue weighted by Crippen LogP contribution is 2.16. The number of nitrogens with zero attached hydrogens (tertiary/aromatic N) is 2. The summed E-state index contributed by atoms with van der Waals surface area (Å²) in [6.45, 7) is 0.929. The van der Waals surface area contributed by atoms with Crippen molar-refractivity contribution in [1.29, 1.82) is 0 Å². The lowest BCUT2D eigenvalue weighted by atomic mass is 10.1. The van der Waals surface area contributed by atoms with Crippen LogP contribution < -0.4 is 0 Å². The number of Topliss-reactive ketones (excluding diaryl/α,β-unsaturated/α-hetero) is 1. The molecule has 0 saturated carbocycles. The summed E-state index contributed by atoms with van der Waals surface area (Å²) in [5.41, 5.74) is 2.34. The molecule has 1 aromatic carbocycles. The molecule has 1 aromatic heterocycles. The molecule has 0 atom stereocenters. The number of carbonyl (C=O) groups is 2. The van der Waals surface area contributed by atoms with Crippen LogP contribution in [0.3, 0.4) is 0 Å². The Morgan fingerprint density at radius 2 is 2.32 bits per heavy atom. The van der Waals surface area contributed by atoms with Gasteiger partial charge in [0.05, 0.1) is 13.0 Å². The third-order valence-electron chi connectivity index (χ3n) is 3.35. The lowest BCUT2D eigenvalue weighted by Gasteiger charge is -2.25. The molecule has 2 aromatic rings. The predicted octanol–water partition coefficient (Wildman–Crippen LogP) is 1.56. The van der Waals surface area contributed by atoms with E-state index in [9.17, 15) is 9.59 Å². The Kier molecular flexibility index (Phi) is 3.03. The van der Waals surface area contributed by atoms with E-state index in [2.05, 4.69) is 4.98 Å². The molecular weight excluding hydrogens is 244 g/mol. The number of oxazole rings is 1. The Hall–Kier alpha value is -2.17. The van der Waals surface area contributed by atoms with Crippen molar-refractivity contribution in [3.8, 4) is 0 Å². The molecule has 3 rings (SSSR count). The van der Waals surface area contributed by atoms with Crippen molar-refractivity contribution in [3.63, 3.8) is 0 Å². The minimum absolute atomic E-state index is 0.00749. The van der Waals surface area contributed by atoms with Crippen molar-refractivity contribution < 1.29 is 14.0 Å². The number of hydrogen-bond donors (Lipinski definition) is 0. The summed E-state index contributed by atoms with van der Waals surface area (Å²) in [6.07, 6.45) is 3.04. The van der Waals surface area contributed by atoms with Gasteiger partial charge in [0.2, 0.25) is 5.91 Å². The van der Waals surface area contributed by atoms with E-state index in [0.29, 0.717) is 25.0 Å². The minimum Gasteiger partial charge on any atom is -0.443 e. The first-order valence-corrected chi connectivity index (χ1v) is 6.34. The Morgan fingerprint density at radius 1 is 1.42 bits per heavy atom. The molecule has 0 radical (unpaired) electrons. The fourth-order valence-corrected chi connectivity index (χ4v) is 2.35. The zero-order valence-corrected chi connectivity index (χ0v) is 10.5. The minimum atomic E-state index is -0.00749. The summed E-state index contributed by atoms with van der Waals surface area (Å²) in [4.78, 5) is 29.1. The Balaban J connectivity index is 1.72. The monoisotopic (exact) mass is 258 g/mol. The summed E-state index contributed by atoms with van der Waals surface area (Å²) in [5, 5.41) is 0. The molecule has 0 bridgehead atoms. The molecule has 1 aliphatic rings. The van der Waals surface area contributed by atoms with Crippen LogP contribution in [0.5, 0.6) is 0 Å². The zero-order valence-electron chi connectivity index (χ0n) is 10.5. The Labute approximate surface area is 110 Å². The number of rotatable bonds is 2. The van der Waals surface area contributed by atoms with E-state index in [1.54, 1.807) is 4.90 Å². The van der Waals surface area contributed by atoms with Crippen LogP contribution in [0.1, 0.15) is 18.4 Å². The van der Waals surface area contributed by atoms with Gasteiger partial charge in [0, 0.05) is 13.0 Å². The fraction of sp³-hybridized carbons (Fsp3) is 0.357. The average molecular weight is 258 g/mol. The van der Waals surface area contributed by atoms with Gasteiger partial charge in [-0.15, -0.1) is 0 Å². The standard InChI is InChI=1S/C14H14N2O3/c17-11-2-1-5-16(8-11)14(18)7-10-3-4-12-13(6-10)19-9-15-12/h3-4,6,9H,1-2,5,7-8H2. The van der Waals surface area contributed by atoms with Crippen LogP contribution in [-0.2, 0) is 16.0 Å². The van der Waals surface area contributed by atoms with Gasteiger partial charge in [0.1, 0.15) is 5.52 Å². The molecule has 0 N–H and O–H groups in total. The molecule has 0 spiro atoms. The quantitative estimate of drug-likeness (QED) is 0.820.